The van der Waals surface area contributed by atoms with Crippen LogP contribution in [-0.4, -0.2) is 23.5 Å². The molecule has 1 saturated heterocycles. The molecule has 0 amide bonds. The Morgan fingerprint density at radius 1 is 0.750 bits per heavy atom. The van der Waals surface area contributed by atoms with Crippen LogP contribution in [0.5, 0.6) is 0 Å². The van der Waals surface area contributed by atoms with Gasteiger partial charge in [0.25, 0.3) is 0 Å². The van der Waals surface area contributed by atoms with Crippen molar-refractivity contribution in [2.75, 3.05) is 6.54 Å². The quantitative estimate of drug-likeness (QED) is 0.683. The first-order valence-electron chi connectivity index (χ1n) is 9.49. The Bertz CT molecular complexity index is 346. The standard InChI is InChI=1S/C19H30N/c1-2-6-18-15(4-1)5-3-7-20(18)19-16-9-13-8-14(11-16)12-17(19)10-13/h13-16,18-19H,1-12H2/t13?,14?,15-,16?,18+,19?/m1/s1. The third kappa shape index (κ3) is 1.84. The largest absolute Gasteiger partial charge is 0.296 e. The number of hydrogen-bond acceptors (Lipinski definition) is 1. The molecule has 20 heavy (non-hydrogen) atoms. The fraction of sp³-hybridized carbons (Fsp3) is 0.947. The van der Waals surface area contributed by atoms with E-state index in [2.05, 4.69) is 4.90 Å². The summed E-state index contributed by atoms with van der Waals surface area (Å²) in [6.07, 6.45) is 16.9. The normalized spacial score (nSPS) is 52.2. The maximum atomic E-state index is 3.06. The molecular formula is C19H30N. The molecule has 0 N–H and O–H groups in total. The van der Waals surface area contributed by atoms with Gasteiger partial charge >= 0.3 is 0 Å². The Hall–Kier alpha value is -0.0400. The lowest BCUT2D eigenvalue weighted by Gasteiger charge is -2.60. The fourth-order valence-electron chi connectivity index (χ4n) is 7.12. The molecule has 0 spiro atoms. The second-order valence-corrected chi connectivity index (χ2v) is 8.70. The number of likely N-dealkylation sites (tertiary alicyclic amines) is 1. The summed E-state index contributed by atoms with van der Waals surface area (Å²) in [5.74, 6) is 6.35. The second-order valence-electron chi connectivity index (χ2n) is 8.70. The molecule has 5 atom stereocenters. The van der Waals surface area contributed by atoms with Gasteiger partial charge in [-0.2, -0.15) is 0 Å². The summed E-state index contributed by atoms with van der Waals surface area (Å²) in [5.41, 5.74) is 0. The van der Waals surface area contributed by atoms with Crippen LogP contribution < -0.4 is 0 Å². The Kier molecular flexibility index (Phi) is 2.96. The van der Waals surface area contributed by atoms with Crippen LogP contribution in [0.2, 0.25) is 0 Å². The van der Waals surface area contributed by atoms with Gasteiger partial charge in [0, 0.05) is 12.1 Å². The smallest absolute Gasteiger partial charge is 0.0189 e. The van der Waals surface area contributed by atoms with Crippen molar-refractivity contribution in [3.8, 4) is 0 Å². The topological polar surface area (TPSA) is 3.24 Å². The van der Waals surface area contributed by atoms with Gasteiger partial charge in [0.05, 0.1) is 0 Å². The van der Waals surface area contributed by atoms with E-state index in [-0.39, 0.29) is 0 Å². The van der Waals surface area contributed by atoms with Crippen molar-refractivity contribution >= 4 is 0 Å². The van der Waals surface area contributed by atoms with Gasteiger partial charge in [-0.3, -0.25) is 4.90 Å². The number of hydrogen-bond donors (Lipinski definition) is 0. The monoisotopic (exact) mass is 272 g/mol. The first-order chi connectivity index (χ1) is 9.88. The van der Waals surface area contributed by atoms with Gasteiger partial charge in [-0.1, -0.05) is 12.8 Å². The van der Waals surface area contributed by atoms with Crippen molar-refractivity contribution in [2.45, 2.75) is 82.7 Å². The van der Waals surface area contributed by atoms with Crippen LogP contribution in [0.25, 0.3) is 0 Å². The summed E-state index contributed by atoms with van der Waals surface area (Å²) in [6, 6.07) is 1.92. The van der Waals surface area contributed by atoms with Gasteiger partial charge in [-0.05, 0) is 93.9 Å². The molecule has 1 radical (unpaired) electrons. The highest BCUT2D eigenvalue weighted by atomic mass is 15.2. The average Bonchev–Trinajstić information content (AvgIpc) is 2.46. The molecule has 6 fully saturated rings. The molecule has 1 heteroatoms. The minimum atomic E-state index is 0.939. The molecule has 111 valence electrons. The predicted octanol–water partition coefficient (Wildman–Crippen LogP) is 4.42. The van der Waals surface area contributed by atoms with E-state index in [9.17, 15) is 0 Å². The van der Waals surface area contributed by atoms with Crippen molar-refractivity contribution in [1.82, 2.24) is 4.90 Å². The SMILES string of the molecule is C1CC[C@H]2[C@H](C1)CCCN2C1[C]2CC3CC(C2)CC1C3. The molecule has 6 aliphatic rings. The van der Waals surface area contributed by atoms with Crippen molar-refractivity contribution in [1.29, 1.82) is 0 Å². The number of rotatable bonds is 1. The zero-order valence-corrected chi connectivity index (χ0v) is 12.9. The Morgan fingerprint density at radius 2 is 1.50 bits per heavy atom. The van der Waals surface area contributed by atoms with Gasteiger partial charge in [0.2, 0.25) is 0 Å². The number of fused-ring (bicyclic) bond motifs is 1. The zero-order valence-electron chi connectivity index (χ0n) is 12.9. The van der Waals surface area contributed by atoms with E-state index in [1.807, 2.05) is 5.92 Å². The highest BCUT2D eigenvalue weighted by Gasteiger charge is 2.52. The van der Waals surface area contributed by atoms with Crippen LogP contribution in [0, 0.1) is 29.6 Å². The molecule has 1 heterocycles. The molecule has 0 aromatic rings. The Labute approximate surface area is 124 Å². The van der Waals surface area contributed by atoms with Crippen LogP contribution in [0.15, 0.2) is 0 Å². The first-order valence-corrected chi connectivity index (χ1v) is 9.49. The number of nitrogens with zero attached hydrogens (tertiary/aromatic N) is 1. The van der Waals surface area contributed by atoms with Gasteiger partial charge in [-0.25, -0.2) is 0 Å². The molecule has 0 aromatic carbocycles. The summed E-state index contributed by atoms with van der Waals surface area (Å²) in [4.78, 5) is 3.06. The van der Waals surface area contributed by atoms with Gasteiger partial charge in [0.1, 0.15) is 0 Å². The minimum Gasteiger partial charge on any atom is -0.296 e. The highest BCUT2D eigenvalue weighted by molar-refractivity contribution is 5.18. The minimum absolute atomic E-state index is 0.939. The lowest BCUT2D eigenvalue weighted by atomic mass is 9.53. The molecule has 5 saturated carbocycles. The molecule has 3 unspecified atom stereocenters. The fourth-order valence-corrected chi connectivity index (χ4v) is 7.12. The second kappa shape index (κ2) is 4.73. The lowest BCUT2D eigenvalue weighted by Crippen LogP contribution is -2.60. The van der Waals surface area contributed by atoms with Crippen LogP contribution in [0.4, 0.5) is 0 Å². The van der Waals surface area contributed by atoms with Crippen molar-refractivity contribution in [3.05, 3.63) is 5.92 Å². The van der Waals surface area contributed by atoms with E-state index >= 15 is 0 Å². The van der Waals surface area contributed by atoms with Crippen molar-refractivity contribution in [2.24, 2.45) is 23.7 Å². The summed E-state index contributed by atoms with van der Waals surface area (Å²) >= 11 is 0. The summed E-state index contributed by atoms with van der Waals surface area (Å²) in [7, 11) is 0. The highest BCUT2D eigenvalue weighted by Crippen LogP contribution is 2.57. The van der Waals surface area contributed by atoms with E-state index in [0.717, 1.165) is 35.8 Å². The van der Waals surface area contributed by atoms with E-state index in [1.165, 1.54) is 45.1 Å². The maximum Gasteiger partial charge on any atom is 0.0189 e. The molecular weight excluding hydrogens is 242 g/mol. The van der Waals surface area contributed by atoms with E-state index in [4.69, 9.17) is 0 Å². The Balaban J connectivity index is 1.41. The third-order valence-electron chi connectivity index (χ3n) is 7.55. The van der Waals surface area contributed by atoms with Gasteiger partial charge in [0.15, 0.2) is 0 Å². The zero-order chi connectivity index (χ0) is 13.1. The molecule has 5 aliphatic carbocycles. The van der Waals surface area contributed by atoms with Crippen LogP contribution in [0.3, 0.4) is 0 Å². The van der Waals surface area contributed by atoms with Gasteiger partial charge in [-0.15, -0.1) is 0 Å². The number of piperidine rings is 1. The maximum absolute atomic E-state index is 3.06. The third-order valence-corrected chi connectivity index (χ3v) is 7.55. The molecule has 1 nitrogen and oxygen atoms in total. The molecule has 6 rings (SSSR count). The van der Waals surface area contributed by atoms with Crippen molar-refractivity contribution < 1.29 is 0 Å². The van der Waals surface area contributed by atoms with Crippen LogP contribution in [-0.2, 0) is 0 Å². The van der Waals surface area contributed by atoms with E-state index in [1.54, 1.807) is 32.1 Å². The van der Waals surface area contributed by atoms with Crippen molar-refractivity contribution in [3.63, 3.8) is 0 Å². The average molecular weight is 272 g/mol. The molecule has 4 bridgehead atoms. The summed E-state index contributed by atoms with van der Waals surface area (Å²) < 4.78 is 0. The van der Waals surface area contributed by atoms with Crippen LogP contribution >= 0.6 is 0 Å². The molecule has 1 aliphatic heterocycles. The molecule has 0 aromatic heterocycles. The van der Waals surface area contributed by atoms with Gasteiger partial charge < -0.3 is 0 Å². The Morgan fingerprint density at radius 3 is 2.30 bits per heavy atom. The predicted molar refractivity (Wildman–Crippen MR) is 82.3 cm³/mol. The summed E-state index contributed by atoms with van der Waals surface area (Å²) in [5, 5.41) is 0. The van der Waals surface area contributed by atoms with Crippen LogP contribution in [0.1, 0.15) is 70.6 Å². The van der Waals surface area contributed by atoms with E-state index < -0.39 is 0 Å². The first kappa shape index (κ1) is 12.5. The summed E-state index contributed by atoms with van der Waals surface area (Å²) in [6.45, 7) is 1.43. The lowest BCUT2D eigenvalue weighted by molar-refractivity contribution is -0.0497. The van der Waals surface area contributed by atoms with E-state index in [0.29, 0.717) is 0 Å².